The Hall–Kier alpha value is -2.54. The minimum absolute atomic E-state index is 0.00530. The zero-order valence-electron chi connectivity index (χ0n) is 12.2. The Bertz CT molecular complexity index is 816. The van der Waals surface area contributed by atoms with E-state index in [9.17, 15) is 13.2 Å². The Labute approximate surface area is 129 Å². The predicted octanol–water partition coefficient (Wildman–Crippen LogP) is 1.90. The van der Waals surface area contributed by atoms with E-state index in [-0.39, 0.29) is 21.9 Å². The zero-order chi connectivity index (χ0) is 16.3. The fourth-order valence-electron chi connectivity index (χ4n) is 1.98. The topological polar surface area (TPSA) is 98.5 Å². The van der Waals surface area contributed by atoms with Gasteiger partial charge in [-0.15, -0.1) is 0 Å². The standard InChI is InChI=1S/C15H16N2O4S/c1-10-7-8-13(21-2)14(9-10)22(19,20)17-12-6-4-3-5-11(12)15(16)18/h3-9,17H,1-2H3,(H2,16,18). The number of para-hydroxylation sites is 1. The number of anilines is 1. The Morgan fingerprint density at radius 2 is 1.86 bits per heavy atom. The Morgan fingerprint density at radius 1 is 1.18 bits per heavy atom. The highest BCUT2D eigenvalue weighted by Gasteiger charge is 2.21. The maximum Gasteiger partial charge on any atom is 0.265 e. The minimum atomic E-state index is -3.92. The highest BCUT2D eigenvalue weighted by molar-refractivity contribution is 7.92. The van der Waals surface area contributed by atoms with Crippen LogP contribution in [0.5, 0.6) is 5.75 Å². The van der Waals surface area contributed by atoms with Crippen LogP contribution in [-0.4, -0.2) is 21.4 Å². The first-order valence-electron chi connectivity index (χ1n) is 6.41. The van der Waals surface area contributed by atoms with Gasteiger partial charge in [-0.2, -0.15) is 0 Å². The van der Waals surface area contributed by atoms with Gasteiger partial charge in [0.05, 0.1) is 18.4 Å². The number of primary amides is 1. The number of hydrogen-bond donors (Lipinski definition) is 2. The number of carbonyl (C=O) groups is 1. The zero-order valence-corrected chi connectivity index (χ0v) is 13.0. The van der Waals surface area contributed by atoms with Crippen LogP contribution in [0.2, 0.25) is 0 Å². The second kappa shape index (κ2) is 6.07. The van der Waals surface area contributed by atoms with E-state index in [1.165, 1.54) is 25.3 Å². The summed E-state index contributed by atoms with van der Waals surface area (Å²) in [6, 6.07) is 10.9. The number of sulfonamides is 1. The molecule has 2 rings (SSSR count). The molecule has 0 atom stereocenters. The summed E-state index contributed by atoms with van der Waals surface area (Å²) in [6.07, 6.45) is 0. The number of aryl methyl sites for hydroxylation is 1. The van der Waals surface area contributed by atoms with Gasteiger partial charge in [0, 0.05) is 0 Å². The lowest BCUT2D eigenvalue weighted by atomic mass is 10.2. The minimum Gasteiger partial charge on any atom is -0.495 e. The molecule has 0 fully saturated rings. The van der Waals surface area contributed by atoms with Crippen LogP contribution < -0.4 is 15.2 Å². The largest absolute Gasteiger partial charge is 0.495 e. The van der Waals surface area contributed by atoms with Gasteiger partial charge < -0.3 is 10.5 Å². The van der Waals surface area contributed by atoms with Crippen molar-refractivity contribution in [2.24, 2.45) is 5.73 Å². The van der Waals surface area contributed by atoms with Crippen molar-refractivity contribution in [1.29, 1.82) is 0 Å². The fraction of sp³-hybridized carbons (Fsp3) is 0.133. The highest BCUT2D eigenvalue weighted by Crippen LogP contribution is 2.27. The Kier molecular flexibility index (Phi) is 4.37. The lowest BCUT2D eigenvalue weighted by Gasteiger charge is -2.13. The number of methoxy groups -OCH3 is 1. The second-order valence-corrected chi connectivity index (χ2v) is 6.32. The SMILES string of the molecule is COc1ccc(C)cc1S(=O)(=O)Nc1ccccc1C(N)=O. The van der Waals surface area contributed by atoms with Crippen LogP contribution in [0.4, 0.5) is 5.69 Å². The summed E-state index contributed by atoms with van der Waals surface area (Å²) in [5, 5.41) is 0. The number of rotatable bonds is 5. The van der Waals surface area contributed by atoms with Crippen molar-refractivity contribution >= 4 is 21.6 Å². The number of ether oxygens (including phenoxy) is 1. The summed E-state index contributed by atoms with van der Waals surface area (Å²) in [5.41, 5.74) is 6.24. The fourth-order valence-corrected chi connectivity index (χ4v) is 3.32. The van der Waals surface area contributed by atoms with Gasteiger partial charge in [0.25, 0.3) is 15.9 Å². The molecule has 0 radical (unpaired) electrons. The molecule has 22 heavy (non-hydrogen) atoms. The summed E-state index contributed by atoms with van der Waals surface area (Å²) < 4.78 is 32.6. The molecule has 1 amide bonds. The molecule has 0 heterocycles. The molecule has 116 valence electrons. The van der Waals surface area contributed by atoms with Gasteiger partial charge in [-0.3, -0.25) is 9.52 Å². The molecule has 2 aromatic carbocycles. The summed E-state index contributed by atoms with van der Waals surface area (Å²) in [6.45, 7) is 1.77. The van der Waals surface area contributed by atoms with Crippen molar-refractivity contribution in [2.75, 3.05) is 11.8 Å². The number of benzene rings is 2. The van der Waals surface area contributed by atoms with Crippen LogP contribution >= 0.6 is 0 Å². The smallest absolute Gasteiger partial charge is 0.265 e. The van der Waals surface area contributed by atoms with E-state index in [0.29, 0.717) is 0 Å². The molecule has 0 aliphatic heterocycles. The first-order chi connectivity index (χ1) is 10.3. The van der Waals surface area contributed by atoms with Crippen LogP contribution in [0.15, 0.2) is 47.4 Å². The lowest BCUT2D eigenvalue weighted by Crippen LogP contribution is -2.19. The maximum atomic E-state index is 12.6. The summed E-state index contributed by atoms with van der Waals surface area (Å²) in [7, 11) is -2.53. The average molecular weight is 320 g/mol. The normalized spacial score (nSPS) is 11.0. The van der Waals surface area contributed by atoms with Gasteiger partial charge in [0.2, 0.25) is 0 Å². The molecule has 0 aliphatic rings. The third-order valence-electron chi connectivity index (χ3n) is 3.05. The number of nitrogens with one attached hydrogen (secondary N) is 1. The van der Waals surface area contributed by atoms with Crippen molar-refractivity contribution in [3.05, 3.63) is 53.6 Å². The van der Waals surface area contributed by atoms with E-state index in [1.54, 1.807) is 31.2 Å². The molecule has 0 aromatic heterocycles. The lowest BCUT2D eigenvalue weighted by molar-refractivity contribution is 0.100. The van der Waals surface area contributed by atoms with Crippen LogP contribution in [0.1, 0.15) is 15.9 Å². The maximum absolute atomic E-state index is 12.6. The van der Waals surface area contributed by atoms with Gasteiger partial charge in [0.1, 0.15) is 10.6 Å². The second-order valence-electron chi connectivity index (χ2n) is 4.67. The van der Waals surface area contributed by atoms with Gasteiger partial charge in [-0.1, -0.05) is 18.2 Å². The molecular formula is C15H16N2O4S. The van der Waals surface area contributed by atoms with Crippen molar-refractivity contribution in [1.82, 2.24) is 0 Å². The number of nitrogens with two attached hydrogens (primary N) is 1. The molecule has 0 saturated carbocycles. The molecular weight excluding hydrogens is 304 g/mol. The van der Waals surface area contributed by atoms with Crippen molar-refractivity contribution < 1.29 is 17.9 Å². The van der Waals surface area contributed by atoms with E-state index in [1.807, 2.05) is 0 Å². The first-order valence-corrected chi connectivity index (χ1v) is 7.90. The first kappa shape index (κ1) is 15.8. The molecule has 0 bridgehead atoms. The van der Waals surface area contributed by atoms with Gasteiger partial charge in [-0.05, 0) is 36.8 Å². The third kappa shape index (κ3) is 3.20. The number of amides is 1. The van der Waals surface area contributed by atoms with Gasteiger partial charge in [0.15, 0.2) is 0 Å². The molecule has 3 N–H and O–H groups in total. The number of carbonyl (C=O) groups excluding carboxylic acids is 1. The molecule has 0 aliphatic carbocycles. The molecule has 0 spiro atoms. The van der Waals surface area contributed by atoms with E-state index in [4.69, 9.17) is 10.5 Å². The van der Waals surface area contributed by atoms with Crippen molar-refractivity contribution in [3.8, 4) is 5.75 Å². The summed E-state index contributed by atoms with van der Waals surface area (Å²) in [5.74, 6) is -0.496. The number of hydrogen-bond acceptors (Lipinski definition) is 4. The Balaban J connectivity index is 2.50. The van der Waals surface area contributed by atoms with Crippen LogP contribution in [0.3, 0.4) is 0 Å². The molecule has 7 heteroatoms. The molecule has 6 nitrogen and oxygen atoms in total. The predicted molar refractivity (Wildman–Crippen MR) is 83.5 cm³/mol. The molecule has 2 aromatic rings. The van der Waals surface area contributed by atoms with E-state index in [0.717, 1.165) is 5.56 Å². The van der Waals surface area contributed by atoms with E-state index < -0.39 is 15.9 Å². The van der Waals surface area contributed by atoms with Crippen LogP contribution in [0, 0.1) is 6.92 Å². The highest BCUT2D eigenvalue weighted by atomic mass is 32.2. The van der Waals surface area contributed by atoms with Gasteiger partial charge in [-0.25, -0.2) is 8.42 Å². The summed E-state index contributed by atoms with van der Waals surface area (Å²) in [4.78, 5) is 11.4. The summed E-state index contributed by atoms with van der Waals surface area (Å²) >= 11 is 0. The van der Waals surface area contributed by atoms with E-state index in [2.05, 4.69) is 4.72 Å². The van der Waals surface area contributed by atoms with Crippen LogP contribution in [-0.2, 0) is 10.0 Å². The third-order valence-corrected chi connectivity index (χ3v) is 4.43. The molecule has 0 unspecified atom stereocenters. The Morgan fingerprint density at radius 3 is 2.50 bits per heavy atom. The van der Waals surface area contributed by atoms with Crippen LogP contribution in [0.25, 0.3) is 0 Å². The van der Waals surface area contributed by atoms with Crippen molar-refractivity contribution in [3.63, 3.8) is 0 Å². The molecule has 0 saturated heterocycles. The van der Waals surface area contributed by atoms with Crippen molar-refractivity contribution in [2.45, 2.75) is 11.8 Å². The van der Waals surface area contributed by atoms with E-state index >= 15 is 0 Å². The monoisotopic (exact) mass is 320 g/mol. The quantitative estimate of drug-likeness (QED) is 0.879. The van der Waals surface area contributed by atoms with Gasteiger partial charge >= 0.3 is 0 Å². The average Bonchev–Trinajstić information content (AvgIpc) is 2.47.